The molecule has 1 aliphatic heterocycles. The summed E-state index contributed by atoms with van der Waals surface area (Å²) in [6.07, 6.45) is 0.505. The maximum absolute atomic E-state index is 12.0. The Bertz CT molecular complexity index is 753. The van der Waals surface area contributed by atoms with Crippen molar-refractivity contribution in [2.45, 2.75) is 23.5 Å². The lowest BCUT2D eigenvalue weighted by Gasteiger charge is -2.09. The fourth-order valence-electron chi connectivity index (χ4n) is 2.04. The van der Waals surface area contributed by atoms with E-state index in [0.29, 0.717) is 6.42 Å². The summed E-state index contributed by atoms with van der Waals surface area (Å²) in [6.45, 7) is 1.83. The van der Waals surface area contributed by atoms with Crippen LogP contribution in [0.4, 0.5) is 0 Å². The molecule has 0 aliphatic carbocycles. The molecule has 6 nitrogen and oxygen atoms in total. The lowest BCUT2D eigenvalue weighted by molar-refractivity contribution is -0.116. The third-order valence-corrected chi connectivity index (χ3v) is 7.89. The van der Waals surface area contributed by atoms with E-state index in [9.17, 15) is 21.6 Å². The number of hydrogen-bond acceptors (Lipinski definition) is 6. The second-order valence-electron chi connectivity index (χ2n) is 5.18. The van der Waals surface area contributed by atoms with E-state index < -0.39 is 25.8 Å². The molecule has 1 aromatic carbocycles. The molecule has 0 bridgehead atoms. The first kappa shape index (κ1) is 17.3. The molecule has 1 amide bonds. The average Bonchev–Trinajstić information content (AvgIpc) is 2.76. The van der Waals surface area contributed by atoms with E-state index in [-0.39, 0.29) is 27.4 Å². The fraction of sp³-hybridized carbons (Fsp3) is 0.462. The number of amides is 1. The SMILES string of the molecule is Cc1ccc(S(=O)(=O)NC(=O)CS[C@@H]2CCS(=O)(=O)C2)cc1. The van der Waals surface area contributed by atoms with Crippen LogP contribution in [0, 0.1) is 6.92 Å². The monoisotopic (exact) mass is 363 g/mol. The Labute approximate surface area is 134 Å². The Morgan fingerprint density at radius 2 is 1.95 bits per heavy atom. The van der Waals surface area contributed by atoms with Crippen molar-refractivity contribution < 1.29 is 21.6 Å². The Kier molecular flexibility index (Phi) is 5.18. The zero-order chi connectivity index (χ0) is 16.4. The first-order valence-corrected chi connectivity index (χ1v) is 11.0. The molecule has 122 valence electrons. The van der Waals surface area contributed by atoms with Gasteiger partial charge in [-0.25, -0.2) is 21.6 Å². The van der Waals surface area contributed by atoms with Gasteiger partial charge in [-0.1, -0.05) is 17.7 Å². The van der Waals surface area contributed by atoms with E-state index >= 15 is 0 Å². The molecule has 1 saturated heterocycles. The highest BCUT2D eigenvalue weighted by molar-refractivity contribution is 8.02. The Morgan fingerprint density at radius 1 is 1.32 bits per heavy atom. The standard InChI is InChI=1S/C13H17NO5S3/c1-10-2-4-12(5-3-10)22(18,19)14-13(15)8-20-11-6-7-21(16,17)9-11/h2-5,11H,6-9H2,1H3,(H,14,15)/t11-/m1/s1. The molecule has 0 aromatic heterocycles. The van der Waals surface area contributed by atoms with Crippen molar-refractivity contribution in [3.05, 3.63) is 29.8 Å². The minimum Gasteiger partial charge on any atom is -0.273 e. The predicted molar refractivity (Wildman–Crippen MR) is 86.0 cm³/mol. The van der Waals surface area contributed by atoms with Gasteiger partial charge in [0.25, 0.3) is 10.0 Å². The highest BCUT2D eigenvalue weighted by Gasteiger charge is 2.29. The average molecular weight is 363 g/mol. The quantitative estimate of drug-likeness (QED) is 0.828. The number of hydrogen-bond donors (Lipinski definition) is 1. The minimum absolute atomic E-state index is 0.0277. The van der Waals surface area contributed by atoms with Gasteiger partial charge in [0.2, 0.25) is 5.91 Å². The molecular formula is C13H17NO5S3. The maximum atomic E-state index is 12.0. The van der Waals surface area contributed by atoms with Crippen LogP contribution in [0.15, 0.2) is 29.2 Å². The zero-order valence-electron chi connectivity index (χ0n) is 12.0. The van der Waals surface area contributed by atoms with Crippen LogP contribution in [0.2, 0.25) is 0 Å². The Morgan fingerprint density at radius 3 is 2.50 bits per heavy atom. The summed E-state index contributed by atoms with van der Waals surface area (Å²) >= 11 is 1.18. The lowest BCUT2D eigenvalue weighted by Crippen LogP contribution is -2.32. The molecule has 0 spiro atoms. The molecule has 0 unspecified atom stereocenters. The van der Waals surface area contributed by atoms with Crippen LogP contribution < -0.4 is 4.72 Å². The topological polar surface area (TPSA) is 97.4 Å². The van der Waals surface area contributed by atoms with Crippen molar-refractivity contribution in [3.8, 4) is 0 Å². The number of rotatable bonds is 5. The van der Waals surface area contributed by atoms with Crippen LogP contribution in [0.1, 0.15) is 12.0 Å². The highest BCUT2D eigenvalue weighted by Crippen LogP contribution is 2.24. The number of carbonyl (C=O) groups excluding carboxylic acids is 1. The molecule has 1 aromatic rings. The number of nitrogens with one attached hydrogen (secondary N) is 1. The normalized spacial score (nSPS) is 20.7. The van der Waals surface area contributed by atoms with Crippen LogP contribution in [0.3, 0.4) is 0 Å². The van der Waals surface area contributed by atoms with Gasteiger partial charge in [0.15, 0.2) is 9.84 Å². The molecule has 1 fully saturated rings. The summed E-state index contributed by atoms with van der Waals surface area (Å²) in [5.41, 5.74) is 0.920. The minimum atomic E-state index is -3.88. The molecule has 1 atom stereocenters. The lowest BCUT2D eigenvalue weighted by atomic mass is 10.2. The van der Waals surface area contributed by atoms with Gasteiger partial charge in [0.05, 0.1) is 22.2 Å². The summed E-state index contributed by atoms with van der Waals surface area (Å²) in [6, 6.07) is 6.16. The van der Waals surface area contributed by atoms with Crippen molar-refractivity contribution >= 4 is 37.5 Å². The van der Waals surface area contributed by atoms with E-state index in [2.05, 4.69) is 0 Å². The van der Waals surface area contributed by atoms with E-state index in [1.165, 1.54) is 23.9 Å². The number of carbonyl (C=O) groups is 1. The molecule has 1 heterocycles. The number of sulfone groups is 1. The summed E-state index contributed by atoms with van der Waals surface area (Å²) in [5, 5.41) is -0.141. The third-order valence-electron chi connectivity index (χ3n) is 3.22. The van der Waals surface area contributed by atoms with Gasteiger partial charge in [-0.3, -0.25) is 4.79 Å². The molecule has 9 heteroatoms. The van der Waals surface area contributed by atoms with Crippen LogP contribution in [-0.4, -0.2) is 45.3 Å². The molecule has 1 aliphatic rings. The van der Waals surface area contributed by atoms with Crippen LogP contribution in [0.25, 0.3) is 0 Å². The summed E-state index contributed by atoms with van der Waals surface area (Å²) in [4.78, 5) is 11.8. The van der Waals surface area contributed by atoms with Gasteiger partial charge in [-0.2, -0.15) is 0 Å². The first-order chi connectivity index (χ1) is 10.2. The maximum Gasteiger partial charge on any atom is 0.264 e. The Balaban J connectivity index is 1.90. The van der Waals surface area contributed by atoms with Gasteiger partial charge in [0, 0.05) is 5.25 Å². The van der Waals surface area contributed by atoms with E-state index in [0.717, 1.165) is 5.56 Å². The van der Waals surface area contributed by atoms with Gasteiger partial charge in [-0.15, -0.1) is 11.8 Å². The second kappa shape index (κ2) is 6.59. The number of benzene rings is 1. The molecule has 0 saturated carbocycles. The van der Waals surface area contributed by atoms with Crippen LogP contribution >= 0.6 is 11.8 Å². The second-order valence-corrected chi connectivity index (χ2v) is 10.4. The summed E-state index contributed by atoms with van der Waals surface area (Å²) in [7, 11) is -6.87. The van der Waals surface area contributed by atoms with Crippen molar-refractivity contribution in [1.82, 2.24) is 4.72 Å². The van der Waals surface area contributed by atoms with E-state index in [4.69, 9.17) is 0 Å². The molecular weight excluding hydrogens is 346 g/mol. The van der Waals surface area contributed by atoms with Gasteiger partial charge < -0.3 is 0 Å². The highest BCUT2D eigenvalue weighted by atomic mass is 32.2. The van der Waals surface area contributed by atoms with Crippen LogP contribution in [0.5, 0.6) is 0 Å². The van der Waals surface area contributed by atoms with E-state index in [1.54, 1.807) is 12.1 Å². The van der Waals surface area contributed by atoms with Gasteiger partial charge >= 0.3 is 0 Å². The van der Waals surface area contributed by atoms with E-state index in [1.807, 2.05) is 11.6 Å². The summed E-state index contributed by atoms with van der Waals surface area (Å²) < 4.78 is 48.7. The predicted octanol–water partition coefficient (Wildman–Crippen LogP) is 0.720. The Hall–Kier alpha value is -1.06. The van der Waals surface area contributed by atoms with Crippen molar-refractivity contribution in [3.63, 3.8) is 0 Å². The number of thioether (sulfide) groups is 1. The van der Waals surface area contributed by atoms with Crippen molar-refractivity contribution in [2.75, 3.05) is 17.3 Å². The molecule has 22 heavy (non-hydrogen) atoms. The smallest absolute Gasteiger partial charge is 0.264 e. The van der Waals surface area contributed by atoms with Gasteiger partial charge in [-0.05, 0) is 25.5 Å². The van der Waals surface area contributed by atoms with Gasteiger partial charge in [0.1, 0.15) is 0 Å². The van der Waals surface area contributed by atoms with Crippen molar-refractivity contribution in [1.29, 1.82) is 0 Å². The van der Waals surface area contributed by atoms with Crippen molar-refractivity contribution in [2.24, 2.45) is 0 Å². The number of sulfonamides is 1. The largest absolute Gasteiger partial charge is 0.273 e. The first-order valence-electron chi connectivity index (χ1n) is 6.62. The third kappa shape index (κ3) is 4.72. The molecule has 2 rings (SSSR count). The zero-order valence-corrected chi connectivity index (χ0v) is 14.4. The molecule has 1 N–H and O–H groups in total. The fourth-order valence-corrected chi connectivity index (χ4v) is 6.56. The summed E-state index contributed by atoms with van der Waals surface area (Å²) in [5.74, 6) is -0.538. The number of aryl methyl sites for hydroxylation is 1. The molecule has 0 radical (unpaired) electrons. The van der Waals surface area contributed by atoms with Crippen LogP contribution in [-0.2, 0) is 24.7 Å².